The molecule has 0 radical (unpaired) electrons. The molecule has 106 valence electrons. The summed E-state index contributed by atoms with van der Waals surface area (Å²) in [6, 6.07) is 5.18. The van der Waals surface area contributed by atoms with Crippen LogP contribution in [0.4, 0.5) is 0 Å². The number of nitrogens with two attached hydrogens (primary N) is 1. The lowest BCUT2D eigenvalue weighted by Crippen LogP contribution is -2.11. The highest BCUT2D eigenvalue weighted by Crippen LogP contribution is 2.29. The fourth-order valence-electron chi connectivity index (χ4n) is 1.69. The zero-order valence-corrected chi connectivity index (χ0v) is 12.5. The number of rotatable bonds is 5. The van der Waals surface area contributed by atoms with Gasteiger partial charge >= 0.3 is 0 Å². The molecule has 0 bridgehead atoms. The normalized spacial score (nSPS) is 10.3. The van der Waals surface area contributed by atoms with E-state index in [1.807, 2.05) is 13.8 Å². The number of thiazole rings is 1. The van der Waals surface area contributed by atoms with Crippen molar-refractivity contribution in [2.24, 2.45) is 5.73 Å². The van der Waals surface area contributed by atoms with Crippen LogP contribution in [0, 0.1) is 19.3 Å². The van der Waals surface area contributed by atoms with Crippen LogP contribution in [0.25, 0.3) is 0 Å². The summed E-state index contributed by atoms with van der Waals surface area (Å²) in [5.74, 6) is 1.17. The lowest BCUT2D eigenvalue weighted by Gasteiger charge is -2.10. The molecule has 0 amide bonds. The summed E-state index contributed by atoms with van der Waals surface area (Å²) in [5.41, 5.74) is 7.09. The molecule has 5 nitrogen and oxygen atoms in total. The fraction of sp³-hybridized carbons (Fsp3) is 0.286. The highest BCUT2D eigenvalue weighted by Gasteiger charge is 2.09. The van der Waals surface area contributed by atoms with Crippen LogP contribution in [-0.4, -0.2) is 17.9 Å². The number of nitrogens with zero attached hydrogens (tertiary/aromatic N) is 1. The minimum Gasteiger partial charge on any atom is -0.493 e. The third-order valence-electron chi connectivity index (χ3n) is 2.90. The van der Waals surface area contributed by atoms with Gasteiger partial charge in [0.25, 0.3) is 0 Å². The van der Waals surface area contributed by atoms with Crippen molar-refractivity contribution < 1.29 is 9.47 Å². The fourth-order valence-corrected chi connectivity index (χ4v) is 2.54. The third-order valence-corrected chi connectivity index (χ3v) is 3.94. The summed E-state index contributed by atoms with van der Waals surface area (Å²) in [4.78, 5) is 5.62. The quantitative estimate of drug-likeness (QED) is 0.655. The van der Waals surface area contributed by atoms with E-state index in [9.17, 15) is 0 Å². The molecule has 2 rings (SSSR count). The average molecular weight is 291 g/mol. The van der Waals surface area contributed by atoms with E-state index in [1.165, 1.54) is 4.88 Å². The maximum atomic E-state index is 7.41. The van der Waals surface area contributed by atoms with Gasteiger partial charge in [-0.3, -0.25) is 5.41 Å². The Hall–Kier alpha value is -2.08. The van der Waals surface area contributed by atoms with E-state index in [1.54, 1.807) is 36.6 Å². The van der Waals surface area contributed by atoms with E-state index in [0.29, 0.717) is 23.7 Å². The number of nitrogens with one attached hydrogen (secondary N) is 1. The van der Waals surface area contributed by atoms with Gasteiger partial charge in [-0.15, -0.1) is 11.3 Å². The molecular formula is C14H17N3O2S. The number of amidine groups is 1. The molecule has 1 heterocycles. The van der Waals surface area contributed by atoms with Crippen molar-refractivity contribution >= 4 is 17.2 Å². The van der Waals surface area contributed by atoms with E-state index >= 15 is 0 Å². The van der Waals surface area contributed by atoms with Crippen molar-refractivity contribution in [2.45, 2.75) is 20.5 Å². The Morgan fingerprint density at radius 3 is 2.65 bits per heavy atom. The molecule has 0 unspecified atom stereocenters. The predicted octanol–water partition coefficient (Wildman–Crippen LogP) is 2.63. The van der Waals surface area contributed by atoms with Crippen LogP contribution < -0.4 is 15.2 Å². The molecule has 1 aromatic heterocycles. The Kier molecular flexibility index (Phi) is 4.24. The summed E-state index contributed by atoms with van der Waals surface area (Å²) in [6.07, 6.45) is 0. The second-order valence-corrected chi connectivity index (χ2v) is 5.60. The smallest absolute Gasteiger partial charge is 0.161 e. The highest BCUT2D eigenvalue weighted by atomic mass is 32.1. The molecule has 20 heavy (non-hydrogen) atoms. The lowest BCUT2D eigenvalue weighted by molar-refractivity contribution is 0.284. The van der Waals surface area contributed by atoms with Gasteiger partial charge in [0.05, 0.1) is 12.8 Å². The van der Waals surface area contributed by atoms with E-state index in [-0.39, 0.29) is 5.84 Å². The van der Waals surface area contributed by atoms with E-state index in [0.717, 1.165) is 10.7 Å². The minimum atomic E-state index is 0.000947. The van der Waals surface area contributed by atoms with Gasteiger partial charge in [0.1, 0.15) is 17.5 Å². The van der Waals surface area contributed by atoms with Crippen LogP contribution in [0.3, 0.4) is 0 Å². The van der Waals surface area contributed by atoms with Crippen molar-refractivity contribution in [1.82, 2.24) is 4.98 Å². The van der Waals surface area contributed by atoms with E-state index in [4.69, 9.17) is 20.6 Å². The first kappa shape index (κ1) is 14.3. The Balaban J connectivity index is 2.14. The maximum absolute atomic E-state index is 7.41. The first-order chi connectivity index (χ1) is 9.51. The van der Waals surface area contributed by atoms with Gasteiger partial charge in [-0.05, 0) is 32.0 Å². The van der Waals surface area contributed by atoms with Gasteiger partial charge in [-0.25, -0.2) is 4.98 Å². The van der Waals surface area contributed by atoms with Crippen LogP contribution in [0.1, 0.15) is 21.1 Å². The SMILES string of the molecule is COc1cc(C(=N)N)ccc1OCc1nc(C)c(C)s1. The van der Waals surface area contributed by atoms with Gasteiger partial charge in [-0.1, -0.05) is 0 Å². The Labute approximate surface area is 121 Å². The first-order valence-electron chi connectivity index (χ1n) is 6.09. The lowest BCUT2D eigenvalue weighted by atomic mass is 10.2. The molecule has 0 spiro atoms. The predicted molar refractivity (Wildman–Crippen MR) is 79.9 cm³/mol. The largest absolute Gasteiger partial charge is 0.493 e. The molecule has 6 heteroatoms. The molecule has 0 aliphatic rings. The molecule has 3 N–H and O–H groups in total. The summed E-state index contributed by atoms with van der Waals surface area (Å²) in [5, 5.41) is 8.34. The zero-order chi connectivity index (χ0) is 14.7. The monoisotopic (exact) mass is 291 g/mol. The van der Waals surface area contributed by atoms with Gasteiger partial charge < -0.3 is 15.2 Å². The Morgan fingerprint density at radius 1 is 1.35 bits per heavy atom. The van der Waals surface area contributed by atoms with Crippen LogP contribution in [0.15, 0.2) is 18.2 Å². The van der Waals surface area contributed by atoms with Gasteiger partial charge in [0.15, 0.2) is 11.5 Å². The number of benzene rings is 1. The number of ether oxygens (including phenoxy) is 2. The van der Waals surface area contributed by atoms with Crippen molar-refractivity contribution in [1.29, 1.82) is 5.41 Å². The van der Waals surface area contributed by atoms with Crippen molar-refractivity contribution in [2.75, 3.05) is 7.11 Å². The molecule has 2 aromatic rings. The Morgan fingerprint density at radius 2 is 2.10 bits per heavy atom. The molecule has 0 aliphatic heterocycles. The molecule has 0 atom stereocenters. The second kappa shape index (κ2) is 5.92. The molecule has 0 saturated heterocycles. The summed E-state index contributed by atoms with van der Waals surface area (Å²) < 4.78 is 11.0. The molecular weight excluding hydrogens is 274 g/mol. The highest BCUT2D eigenvalue weighted by molar-refractivity contribution is 7.11. The summed E-state index contributed by atoms with van der Waals surface area (Å²) in [6.45, 7) is 4.42. The van der Waals surface area contributed by atoms with Crippen molar-refractivity contribution in [3.63, 3.8) is 0 Å². The number of hydrogen-bond acceptors (Lipinski definition) is 5. The van der Waals surface area contributed by atoms with E-state index in [2.05, 4.69) is 4.98 Å². The zero-order valence-electron chi connectivity index (χ0n) is 11.7. The molecule has 0 aliphatic carbocycles. The standard InChI is InChI=1S/C14H17N3O2S/c1-8-9(2)20-13(17-8)7-19-11-5-4-10(14(15)16)6-12(11)18-3/h4-6H,7H2,1-3H3,(H3,15,16). The summed E-state index contributed by atoms with van der Waals surface area (Å²) >= 11 is 1.62. The number of nitrogen functional groups attached to an aromatic ring is 1. The van der Waals surface area contributed by atoms with Crippen molar-refractivity contribution in [3.8, 4) is 11.5 Å². The first-order valence-corrected chi connectivity index (χ1v) is 6.91. The number of methoxy groups -OCH3 is 1. The van der Waals surface area contributed by atoms with Gasteiger partial charge in [0.2, 0.25) is 0 Å². The van der Waals surface area contributed by atoms with Crippen LogP contribution in [0.5, 0.6) is 11.5 Å². The third kappa shape index (κ3) is 3.08. The Bertz CT molecular complexity index is 618. The summed E-state index contributed by atoms with van der Waals surface area (Å²) in [7, 11) is 1.56. The molecule has 0 fully saturated rings. The second-order valence-electron chi connectivity index (χ2n) is 4.32. The number of aryl methyl sites for hydroxylation is 2. The number of hydrogen-bond donors (Lipinski definition) is 2. The van der Waals surface area contributed by atoms with Crippen LogP contribution in [0.2, 0.25) is 0 Å². The van der Waals surface area contributed by atoms with Gasteiger partial charge in [-0.2, -0.15) is 0 Å². The maximum Gasteiger partial charge on any atom is 0.161 e. The van der Waals surface area contributed by atoms with Crippen molar-refractivity contribution in [3.05, 3.63) is 39.3 Å². The molecule has 0 saturated carbocycles. The van der Waals surface area contributed by atoms with Crippen LogP contribution >= 0.6 is 11.3 Å². The molecule has 1 aromatic carbocycles. The average Bonchev–Trinajstić information content (AvgIpc) is 2.75. The van der Waals surface area contributed by atoms with Crippen LogP contribution in [-0.2, 0) is 6.61 Å². The van der Waals surface area contributed by atoms with E-state index < -0.39 is 0 Å². The minimum absolute atomic E-state index is 0.000947. The topological polar surface area (TPSA) is 81.2 Å². The number of aromatic nitrogens is 1. The van der Waals surface area contributed by atoms with Gasteiger partial charge in [0, 0.05) is 10.4 Å².